The van der Waals surface area contributed by atoms with Gasteiger partial charge in [-0.2, -0.15) is 4.31 Å². The van der Waals surface area contributed by atoms with Crippen LogP contribution in [-0.2, 0) is 10.0 Å². The molecular formula is C22H20FN3O3S2. The van der Waals surface area contributed by atoms with Crippen LogP contribution in [0.2, 0.25) is 0 Å². The van der Waals surface area contributed by atoms with E-state index < -0.39 is 15.8 Å². The Morgan fingerprint density at radius 1 is 1.00 bits per heavy atom. The Morgan fingerprint density at radius 2 is 1.68 bits per heavy atom. The molecular weight excluding hydrogens is 437 g/mol. The number of hydrogen-bond donors (Lipinski definition) is 0. The summed E-state index contributed by atoms with van der Waals surface area (Å²) >= 11 is 1.20. The second kappa shape index (κ2) is 9.09. The Balaban J connectivity index is 1.39. The molecule has 0 saturated carbocycles. The number of nitrogens with zero attached hydrogens (tertiary/aromatic N) is 3. The quantitative estimate of drug-likeness (QED) is 0.586. The van der Waals surface area contributed by atoms with E-state index in [1.54, 1.807) is 34.6 Å². The van der Waals surface area contributed by atoms with Gasteiger partial charge in [0.15, 0.2) is 0 Å². The van der Waals surface area contributed by atoms with Crippen LogP contribution in [0.5, 0.6) is 0 Å². The van der Waals surface area contributed by atoms with E-state index in [1.165, 1.54) is 27.1 Å². The van der Waals surface area contributed by atoms with E-state index >= 15 is 0 Å². The van der Waals surface area contributed by atoms with E-state index in [4.69, 9.17) is 0 Å². The summed E-state index contributed by atoms with van der Waals surface area (Å²) in [6.45, 7) is 0.947. The average Bonchev–Trinajstić information content (AvgIpc) is 3.28. The molecule has 0 unspecified atom stereocenters. The summed E-state index contributed by atoms with van der Waals surface area (Å²) in [6.07, 6.45) is 1.56. The normalized spacial score (nSPS) is 15.5. The van der Waals surface area contributed by atoms with Crippen LogP contribution in [-0.4, -0.2) is 54.7 Å². The highest BCUT2D eigenvalue weighted by molar-refractivity contribution is 7.92. The number of rotatable bonds is 5. The molecule has 0 N–H and O–H groups in total. The van der Waals surface area contributed by atoms with E-state index in [1.807, 2.05) is 30.3 Å². The van der Waals surface area contributed by atoms with Crippen LogP contribution in [0.15, 0.2) is 65.4 Å². The molecule has 6 nitrogen and oxygen atoms in total. The predicted octanol–water partition coefficient (Wildman–Crippen LogP) is 3.71. The van der Waals surface area contributed by atoms with Crippen molar-refractivity contribution in [3.05, 3.63) is 82.5 Å². The first kappa shape index (κ1) is 21.4. The fourth-order valence-electron chi connectivity index (χ4n) is 3.25. The Hall–Kier alpha value is -2.88. The van der Waals surface area contributed by atoms with Crippen LogP contribution in [0, 0.1) is 5.82 Å². The first-order valence-corrected chi connectivity index (χ1v) is 12.1. The molecule has 1 saturated heterocycles. The lowest BCUT2D eigenvalue weighted by molar-refractivity contribution is 0.0693. The van der Waals surface area contributed by atoms with Gasteiger partial charge in [-0.05, 0) is 23.8 Å². The molecule has 1 aromatic heterocycles. The summed E-state index contributed by atoms with van der Waals surface area (Å²) < 4.78 is 40.5. The molecule has 4 rings (SSSR count). The maximum atomic E-state index is 14.0. The van der Waals surface area contributed by atoms with Crippen LogP contribution in [0.4, 0.5) is 4.39 Å². The summed E-state index contributed by atoms with van der Waals surface area (Å²) in [7, 11) is -3.57. The zero-order valence-corrected chi connectivity index (χ0v) is 18.2. The number of hydrogen-bond acceptors (Lipinski definition) is 5. The summed E-state index contributed by atoms with van der Waals surface area (Å²) in [5.74, 6) is -0.672. The standard InChI is InChI=1S/C22H20FN3O3S2/c23-19-9-5-4-8-18(19)21-24-20(16-30-21)22(27)25-11-13-26(14-12-25)31(28,29)15-10-17-6-2-1-3-7-17/h1-10,15-16H,11-14H2/b15-10+. The fourth-order valence-corrected chi connectivity index (χ4v) is 5.25. The van der Waals surface area contributed by atoms with Crippen molar-refractivity contribution in [2.75, 3.05) is 26.2 Å². The number of aromatic nitrogens is 1. The minimum atomic E-state index is -3.57. The van der Waals surface area contributed by atoms with E-state index in [2.05, 4.69) is 4.98 Å². The van der Waals surface area contributed by atoms with Gasteiger partial charge >= 0.3 is 0 Å². The van der Waals surface area contributed by atoms with Crippen molar-refractivity contribution in [1.29, 1.82) is 0 Å². The fraction of sp³-hybridized carbons (Fsp3) is 0.182. The van der Waals surface area contributed by atoms with E-state index in [-0.39, 0.29) is 37.8 Å². The van der Waals surface area contributed by atoms with Crippen LogP contribution < -0.4 is 0 Å². The zero-order valence-electron chi connectivity index (χ0n) is 16.5. The number of carbonyl (C=O) groups excluding carboxylic acids is 1. The molecule has 2 heterocycles. The molecule has 0 atom stereocenters. The van der Waals surface area contributed by atoms with Gasteiger partial charge < -0.3 is 4.90 Å². The Bertz CT molecular complexity index is 1200. The topological polar surface area (TPSA) is 70.6 Å². The van der Waals surface area contributed by atoms with Gasteiger partial charge in [0, 0.05) is 42.5 Å². The molecule has 31 heavy (non-hydrogen) atoms. The first-order chi connectivity index (χ1) is 14.9. The number of halogens is 1. The van der Waals surface area contributed by atoms with Gasteiger partial charge in [0.2, 0.25) is 10.0 Å². The molecule has 0 aliphatic carbocycles. The summed E-state index contributed by atoms with van der Waals surface area (Å²) in [6, 6.07) is 15.5. The number of thiazole rings is 1. The van der Waals surface area contributed by atoms with Crippen molar-refractivity contribution in [2.45, 2.75) is 0 Å². The third-order valence-electron chi connectivity index (χ3n) is 4.95. The number of amides is 1. The molecule has 0 radical (unpaired) electrons. The molecule has 0 bridgehead atoms. The Morgan fingerprint density at radius 3 is 2.39 bits per heavy atom. The minimum absolute atomic E-state index is 0.206. The SMILES string of the molecule is O=C(c1csc(-c2ccccc2F)n1)N1CCN(S(=O)(=O)/C=C/c2ccccc2)CC1. The van der Waals surface area contributed by atoms with Crippen molar-refractivity contribution in [1.82, 2.24) is 14.2 Å². The Labute approximate surface area is 184 Å². The van der Waals surface area contributed by atoms with Crippen LogP contribution in [0.3, 0.4) is 0 Å². The number of benzene rings is 2. The monoisotopic (exact) mass is 457 g/mol. The lowest BCUT2D eigenvalue weighted by Gasteiger charge is -2.33. The zero-order chi connectivity index (χ0) is 21.8. The summed E-state index contributed by atoms with van der Waals surface area (Å²) in [4.78, 5) is 18.7. The Kier molecular flexibility index (Phi) is 6.26. The van der Waals surface area contributed by atoms with Crippen LogP contribution >= 0.6 is 11.3 Å². The molecule has 3 aromatic rings. The molecule has 0 spiro atoms. The smallest absolute Gasteiger partial charge is 0.273 e. The van der Waals surface area contributed by atoms with Gasteiger partial charge in [-0.1, -0.05) is 42.5 Å². The van der Waals surface area contributed by atoms with Crippen LogP contribution in [0.25, 0.3) is 16.6 Å². The molecule has 160 valence electrons. The van der Waals surface area contributed by atoms with Gasteiger partial charge in [0.1, 0.15) is 16.5 Å². The third-order valence-corrected chi connectivity index (χ3v) is 7.39. The van der Waals surface area contributed by atoms with Crippen molar-refractivity contribution < 1.29 is 17.6 Å². The maximum Gasteiger partial charge on any atom is 0.273 e. The molecule has 2 aromatic carbocycles. The average molecular weight is 458 g/mol. The van der Waals surface area contributed by atoms with Gasteiger partial charge in [0.05, 0.1) is 0 Å². The lowest BCUT2D eigenvalue weighted by atomic mass is 10.2. The van der Waals surface area contributed by atoms with E-state index in [0.29, 0.717) is 10.6 Å². The number of sulfonamides is 1. The van der Waals surface area contributed by atoms with Crippen molar-refractivity contribution in [3.63, 3.8) is 0 Å². The first-order valence-electron chi connectivity index (χ1n) is 9.67. The second-order valence-electron chi connectivity index (χ2n) is 6.97. The third kappa shape index (κ3) is 4.90. The van der Waals surface area contributed by atoms with E-state index in [0.717, 1.165) is 5.56 Å². The maximum absolute atomic E-state index is 14.0. The molecule has 1 fully saturated rings. The molecule has 1 aliphatic rings. The molecule has 1 amide bonds. The largest absolute Gasteiger partial charge is 0.335 e. The second-order valence-corrected chi connectivity index (χ2v) is 9.64. The van der Waals surface area contributed by atoms with Gasteiger partial charge in [-0.25, -0.2) is 17.8 Å². The lowest BCUT2D eigenvalue weighted by Crippen LogP contribution is -2.50. The van der Waals surface area contributed by atoms with Gasteiger partial charge in [-0.15, -0.1) is 11.3 Å². The highest BCUT2D eigenvalue weighted by Crippen LogP contribution is 2.26. The van der Waals surface area contributed by atoms with Crippen molar-refractivity contribution in [2.24, 2.45) is 0 Å². The van der Waals surface area contributed by atoms with Crippen LogP contribution in [0.1, 0.15) is 16.1 Å². The highest BCUT2D eigenvalue weighted by atomic mass is 32.2. The molecule has 1 aliphatic heterocycles. The summed E-state index contributed by atoms with van der Waals surface area (Å²) in [5.41, 5.74) is 1.39. The predicted molar refractivity (Wildman–Crippen MR) is 119 cm³/mol. The highest BCUT2D eigenvalue weighted by Gasteiger charge is 2.29. The number of carbonyl (C=O) groups is 1. The van der Waals surface area contributed by atoms with Crippen molar-refractivity contribution >= 4 is 33.3 Å². The molecule has 9 heteroatoms. The van der Waals surface area contributed by atoms with Gasteiger partial charge in [0.25, 0.3) is 5.91 Å². The van der Waals surface area contributed by atoms with Crippen molar-refractivity contribution in [3.8, 4) is 10.6 Å². The minimum Gasteiger partial charge on any atom is -0.335 e. The van der Waals surface area contributed by atoms with E-state index in [9.17, 15) is 17.6 Å². The summed E-state index contributed by atoms with van der Waals surface area (Å²) in [5, 5.41) is 3.24. The number of piperazine rings is 1. The van der Waals surface area contributed by atoms with Gasteiger partial charge in [-0.3, -0.25) is 4.79 Å².